The Morgan fingerprint density at radius 1 is 1.12 bits per heavy atom. The van der Waals surface area contributed by atoms with Crippen molar-refractivity contribution in [1.82, 2.24) is 24.4 Å². The van der Waals surface area contributed by atoms with Gasteiger partial charge in [0, 0.05) is 49.8 Å². The van der Waals surface area contributed by atoms with Gasteiger partial charge in [0.05, 0.1) is 21.7 Å². The van der Waals surface area contributed by atoms with Gasteiger partial charge in [-0.2, -0.15) is 4.98 Å². The van der Waals surface area contributed by atoms with Crippen LogP contribution < -0.4 is 10.6 Å². The number of aromatic nitrogens is 4. The number of amides is 1. The molecular weight excluding hydrogens is 585 g/mol. The summed E-state index contributed by atoms with van der Waals surface area (Å²) in [7, 11) is -3.89. The maximum absolute atomic E-state index is 15.7. The molecule has 4 aromatic rings. The standard InChI is InChI=1S/C29H27F3N6O4S/c1-17-16-36(24(39)9-6-11-30)13-14-37(17)27-20-15-22(32)25(19-7-4-5-8-21(19)31)34-28(20)38(29(40)35-27)26-18(2)33-12-10-23(26)43(3,41)42/h4-10,12,15,17H,11,13-14,16H2,1-3H3/b9-6+/t17-/m0/s1. The molecule has 43 heavy (non-hydrogen) atoms. The summed E-state index contributed by atoms with van der Waals surface area (Å²) in [5.74, 6) is -1.96. The van der Waals surface area contributed by atoms with Crippen LogP contribution in [0.5, 0.6) is 0 Å². The normalized spacial score (nSPS) is 15.9. The first-order chi connectivity index (χ1) is 20.4. The van der Waals surface area contributed by atoms with Gasteiger partial charge < -0.3 is 9.80 Å². The van der Waals surface area contributed by atoms with Crippen molar-refractivity contribution in [3.8, 4) is 16.9 Å². The van der Waals surface area contributed by atoms with Gasteiger partial charge in [-0.05, 0) is 44.2 Å². The molecule has 1 amide bonds. The van der Waals surface area contributed by atoms with Crippen molar-refractivity contribution in [2.24, 2.45) is 0 Å². The first kappa shape index (κ1) is 29.9. The van der Waals surface area contributed by atoms with Crippen LogP contribution in [0.1, 0.15) is 12.6 Å². The predicted molar refractivity (Wildman–Crippen MR) is 155 cm³/mol. The summed E-state index contributed by atoms with van der Waals surface area (Å²) in [6.07, 6.45) is 4.52. The van der Waals surface area contributed by atoms with Gasteiger partial charge in [-0.15, -0.1) is 0 Å². The second kappa shape index (κ2) is 11.6. The largest absolute Gasteiger partial charge is 0.355 e. The van der Waals surface area contributed by atoms with E-state index in [1.165, 1.54) is 42.3 Å². The number of halogens is 3. The van der Waals surface area contributed by atoms with E-state index in [2.05, 4.69) is 15.0 Å². The van der Waals surface area contributed by atoms with Crippen LogP contribution in [0, 0.1) is 18.6 Å². The summed E-state index contributed by atoms with van der Waals surface area (Å²) < 4.78 is 69.5. The van der Waals surface area contributed by atoms with E-state index >= 15 is 4.39 Å². The second-order valence-electron chi connectivity index (χ2n) is 10.1. The average molecular weight is 613 g/mol. The summed E-state index contributed by atoms with van der Waals surface area (Å²) in [5, 5.41) is 0.0591. The Hall–Kier alpha value is -4.59. The van der Waals surface area contributed by atoms with Gasteiger partial charge in [0.2, 0.25) is 5.91 Å². The fourth-order valence-electron chi connectivity index (χ4n) is 5.20. The van der Waals surface area contributed by atoms with Crippen LogP contribution in [0.3, 0.4) is 0 Å². The summed E-state index contributed by atoms with van der Waals surface area (Å²) in [6.45, 7) is 3.10. The van der Waals surface area contributed by atoms with Crippen LogP contribution in [0.25, 0.3) is 28.0 Å². The Balaban J connectivity index is 1.78. The molecule has 0 radical (unpaired) electrons. The van der Waals surface area contributed by atoms with E-state index in [1.807, 2.05) is 0 Å². The maximum Gasteiger partial charge on any atom is 0.355 e. The number of benzene rings is 1. The third kappa shape index (κ3) is 5.61. The molecule has 1 fully saturated rings. The monoisotopic (exact) mass is 612 g/mol. The number of anilines is 1. The fraction of sp³-hybridized carbons (Fsp3) is 0.276. The number of pyridine rings is 2. The Labute approximate surface area is 245 Å². The SMILES string of the molecule is Cc1nccc(S(C)(=O)=O)c1-n1c(=O)nc(N2CCN(C(=O)/C=C/CF)C[C@@H]2C)c2cc(F)c(-c3ccccc3F)nc21. The molecule has 0 aliphatic carbocycles. The lowest BCUT2D eigenvalue weighted by Gasteiger charge is -2.40. The molecule has 14 heteroatoms. The van der Waals surface area contributed by atoms with Crippen LogP contribution in [0.4, 0.5) is 19.0 Å². The van der Waals surface area contributed by atoms with Crippen LogP contribution in [-0.4, -0.2) is 77.4 Å². The molecule has 1 atom stereocenters. The van der Waals surface area contributed by atoms with E-state index in [1.54, 1.807) is 11.8 Å². The van der Waals surface area contributed by atoms with Crippen molar-refractivity contribution in [1.29, 1.82) is 0 Å². The zero-order valence-electron chi connectivity index (χ0n) is 23.5. The molecule has 5 rings (SSSR count). The number of nitrogens with zero attached hydrogens (tertiary/aromatic N) is 6. The third-order valence-corrected chi connectivity index (χ3v) is 8.31. The minimum Gasteiger partial charge on any atom is -0.350 e. The Bertz CT molecular complexity index is 1950. The minimum atomic E-state index is -3.89. The van der Waals surface area contributed by atoms with Crippen molar-refractivity contribution in [2.75, 3.05) is 37.5 Å². The van der Waals surface area contributed by atoms with E-state index in [0.717, 1.165) is 35.1 Å². The van der Waals surface area contributed by atoms with Gasteiger partial charge in [0.15, 0.2) is 15.5 Å². The number of hydrogen-bond acceptors (Lipinski definition) is 8. The molecule has 4 heterocycles. The number of allylic oxidation sites excluding steroid dienone is 1. The first-order valence-electron chi connectivity index (χ1n) is 13.2. The molecule has 0 spiro atoms. The predicted octanol–water partition coefficient (Wildman–Crippen LogP) is 3.40. The zero-order chi connectivity index (χ0) is 31.1. The lowest BCUT2D eigenvalue weighted by Crippen LogP contribution is -2.54. The Kier molecular flexibility index (Phi) is 8.06. The number of hydrogen-bond donors (Lipinski definition) is 0. The second-order valence-corrected chi connectivity index (χ2v) is 12.1. The van der Waals surface area contributed by atoms with Crippen molar-refractivity contribution < 1.29 is 26.4 Å². The molecule has 0 unspecified atom stereocenters. The molecule has 1 aliphatic rings. The highest BCUT2D eigenvalue weighted by Crippen LogP contribution is 2.33. The summed E-state index contributed by atoms with van der Waals surface area (Å²) >= 11 is 0. The molecule has 1 aromatic carbocycles. The number of sulfone groups is 1. The molecule has 1 aliphatic heterocycles. The smallest absolute Gasteiger partial charge is 0.350 e. The van der Waals surface area contributed by atoms with Crippen LogP contribution in [0.15, 0.2) is 64.4 Å². The quantitative estimate of drug-likeness (QED) is 0.304. The molecule has 224 valence electrons. The van der Waals surface area contributed by atoms with Gasteiger partial charge in [-0.1, -0.05) is 12.1 Å². The number of fused-ring (bicyclic) bond motifs is 1. The van der Waals surface area contributed by atoms with E-state index in [-0.39, 0.29) is 69.9 Å². The van der Waals surface area contributed by atoms with Gasteiger partial charge in [0.25, 0.3) is 0 Å². The van der Waals surface area contributed by atoms with Crippen LogP contribution in [0.2, 0.25) is 0 Å². The Morgan fingerprint density at radius 3 is 2.53 bits per heavy atom. The van der Waals surface area contributed by atoms with Crippen LogP contribution >= 0.6 is 0 Å². The Morgan fingerprint density at radius 2 is 1.86 bits per heavy atom. The molecule has 0 bridgehead atoms. The minimum absolute atomic E-state index is 0.0591. The zero-order valence-corrected chi connectivity index (χ0v) is 24.3. The van der Waals surface area contributed by atoms with Gasteiger partial charge in [-0.25, -0.2) is 35.9 Å². The van der Waals surface area contributed by atoms with Gasteiger partial charge in [0.1, 0.15) is 29.8 Å². The van der Waals surface area contributed by atoms with Gasteiger partial charge in [-0.3, -0.25) is 9.78 Å². The van der Waals surface area contributed by atoms with E-state index in [4.69, 9.17) is 0 Å². The maximum atomic E-state index is 15.7. The summed E-state index contributed by atoms with van der Waals surface area (Å²) in [6, 6.07) is 7.33. The lowest BCUT2D eigenvalue weighted by molar-refractivity contribution is -0.126. The highest BCUT2D eigenvalue weighted by molar-refractivity contribution is 7.90. The molecule has 0 saturated carbocycles. The highest BCUT2D eigenvalue weighted by Gasteiger charge is 2.31. The number of carbonyl (C=O) groups is 1. The number of carbonyl (C=O) groups excluding carboxylic acids is 1. The number of alkyl halides is 1. The van der Waals surface area contributed by atoms with Crippen molar-refractivity contribution in [3.05, 3.63) is 82.6 Å². The number of aryl methyl sites for hydroxylation is 1. The summed E-state index contributed by atoms with van der Waals surface area (Å²) in [4.78, 5) is 42.1. The highest BCUT2D eigenvalue weighted by atomic mass is 32.2. The van der Waals surface area contributed by atoms with Gasteiger partial charge >= 0.3 is 5.69 Å². The molecule has 10 nitrogen and oxygen atoms in total. The molecular formula is C29H27F3N6O4S. The van der Waals surface area contributed by atoms with E-state index < -0.39 is 39.9 Å². The van der Waals surface area contributed by atoms with Crippen molar-refractivity contribution in [2.45, 2.75) is 24.8 Å². The van der Waals surface area contributed by atoms with Crippen LogP contribution in [-0.2, 0) is 14.6 Å². The topological polar surface area (TPSA) is 118 Å². The number of rotatable bonds is 6. The lowest BCUT2D eigenvalue weighted by atomic mass is 10.1. The van der Waals surface area contributed by atoms with Crippen molar-refractivity contribution in [3.63, 3.8) is 0 Å². The summed E-state index contributed by atoms with van der Waals surface area (Å²) in [5.41, 5.74) is -1.57. The first-order valence-corrected chi connectivity index (χ1v) is 15.1. The molecule has 3 aromatic heterocycles. The number of piperazine rings is 1. The fourth-order valence-corrected chi connectivity index (χ4v) is 6.10. The third-order valence-electron chi connectivity index (χ3n) is 7.18. The molecule has 1 saturated heterocycles. The van der Waals surface area contributed by atoms with E-state index in [0.29, 0.717) is 0 Å². The average Bonchev–Trinajstić information content (AvgIpc) is 2.96. The molecule has 0 N–H and O–H groups in total. The van der Waals surface area contributed by atoms with E-state index in [9.17, 15) is 26.8 Å². The van der Waals surface area contributed by atoms with Crippen molar-refractivity contribution >= 4 is 32.6 Å².